The molecule has 7 nitrogen and oxygen atoms in total. The van der Waals surface area contributed by atoms with E-state index in [2.05, 4.69) is 20.3 Å². The zero-order valence-corrected chi connectivity index (χ0v) is 10.2. The van der Waals surface area contributed by atoms with E-state index in [9.17, 15) is 4.79 Å². The molecule has 0 unspecified atom stereocenters. The summed E-state index contributed by atoms with van der Waals surface area (Å²) in [5.74, 6) is -0.428. The molecule has 0 spiro atoms. The van der Waals surface area contributed by atoms with Gasteiger partial charge in [0.05, 0.1) is 7.11 Å². The average Bonchev–Trinajstić information content (AvgIpc) is 2.45. The highest BCUT2D eigenvalue weighted by Crippen LogP contribution is 2.10. The number of carboxylic acids is 1. The molecular formula is C12H12N4O3. The van der Waals surface area contributed by atoms with Crippen molar-refractivity contribution in [3.63, 3.8) is 0 Å². The summed E-state index contributed by atoms with van der Waals surface area (Å²) in [6.07, 6.45) is 3.03. The summed E-state index contributed by atoms with van der Waals surface area (Å²) in [6, 6.07) is 5.21. The van der Waals surface area contributed by atoms with Crippen LogP contribution in [0.1, 0.15) is 16.2 Å². The van der Waals surface area contributed by atoms with Gasteiger partial charge in [-0.05, 0) is 17.7 Å². The Morgan fingerprint density at radius 1 is 1.37 bits per heavy atom. The second kappa shape index (κ2) is 5.76. The van der Waals surface area contributed by atoms with E-state index in [-0.39, 0.29) is 5.82 Å². The maximum Gasteiger partial charge on any atom is 0.374 e. The van der Waals surface area contributed by atoms with Crippen LogP contribution >= 0.6 is 0 Å². The number of anilines is 1. The highest BCUT2D eigenvalue weighted by atomic mass is 16.5. The lowest BCUT2D eigenvalue weighted by Gasteiger charge is -2.06. The number of ether oxygens (including phenoxy) is 1. The van der Waals surface area contributed by atoms with E-state index in [1.807, 2.05) is 6.07 Å². The fourth-order valence-corrected chi connectivity index (χ4v) is 1.42. The first kappa shape index (κ1) is 12.7. The van der Waals surface area contributed by atoms with Crippen molar-refractivity contribution in [1.29, 1.82) is 0 Å². The first-order valence-corrected chi connectivity index (χ1v) is 5.48. The number of rotatable bonds is 5. The van der Waals surface area contributed by atoms with Crippen LogP contribution in [0, 0.1) is 0 Å². The number of aromatic carboxylic acids is 1. The highest BCUT2D eigenvalue weighted by molar-refractivity contribution is 5.83. The lowest BCUT2D eigenvalue weighted by atomic mass is 10.2. The van der Waals surface area contributed by atoms with Gasteiger partial charge in [-0.2, -0.15) is 0 Å². The van der Waals surface area contributed by atoms with Crippen LogP contribution in [0.4, 0.5) is 5.82 Å². The number of hydrogen-bond donors (Lipinski definition) is 2. The second-order valence-corrected chi connectivity index (χ2v) is 3.63. The maximum absolute atomic E-state index is 10.7. The topological polar surface area (TPSA) is 97.2 Å². The number of pyridine rings is 1. The van der Waals surface area contributed by atoms with E-state index >= 15 is 0 Å². The Bertz CT molecular complexity index is 589. The molecule has 7 heteroatoms. The Kier molecular flexibility index (Phi) is 3.87. The van der Waals surface area contributed by atoms with Gasteiger partial charge in [-0.1, -0.05) is 0 Å². The third-order valence-electron chi connectivity index (χ3n) is 2.33. The van der Waals surface area contributed by atoms with Crippen molar-refractivity contribution in [3.05, 3.63) is 42.0 Å². The van der Waals surface area contributed by atoms with Gasteiger partial charge in [-0.3, -0.25) is 0 Å². The molecule has 0 saturated carbocycles. The molecule has 2 aromatic heterocycles. The molecule has 98 valence electrons. The lowest BCUT2D eigenvalue weighted by molar-refractivity contribution is 0.0683. The summed E-state index contributed by atoms with van der Waals surface area (Å²) in [5, 5.41) is 11.8. The summed E-state index contributed by atoms with van der Waals surface area (Å²) >= 11 is 0. The van der Waals surface area contributed by atoms with Crippen LogP contribution in [-0.2, 0) is 6.54 Å². The molecule has 19 heavy (non-hydrogen) atoms. The maximum atomic E-state index is 10.7. The van der Waals surface area contributed by atoms with E-state index in [4.69, 9.17) is 9.84 Å². The van der Waals surface area contributed by atoms with Crippen LogP contribution in [0.15, 0.2) is 30.6 Å². The molecule has 0 atom stereocenters. The molecule has 2 heterocycles. The quantitative estimate of drug-likeness (QED) is 0.833. The predicted molar refractivity (Wildman–Crippen MR) is 67.1 cm³/mol. The minimum absolute atomic E-state index is 0.239. The van der Waals surface area contributed by atoms with Crippen molar-refractivity contribution in [2.45, 2.75) is 6.54 Å². The number of carboxylic acid groups (broad SMARTS) is 1. The summed E-state index contributed by atoms with van der Waals surface area (Å²) in [7, 11) is 1.54. The van der Waals surface area contributed by atoms with E-state index in [1.165, 1.54) is 6.20 Å². The molecule has 0 aromatic carbocycles. The molecule has 0 fully saturated rings. The summed E-state index contributed by atoms with van der Waals surface area (Å²) < 4.78 is 5.02. The molecule has 0 bridgehead atoms. The van der Waals surface area contributed by atoms with Crippen LogP contribution in [0.3, 0.4) is 0 Å². The van der Waals surface area contributed by atoms with Gasteiger partial charge in [0.2, 0.25) is 11.7 Å². The molecule has 0 aliphatic heterocycles. The van der Waals surface area contributed by atoms with Gasteiger partial charge in [-0.15, -0.1) is 0 Å². The first-order valence-electron chi connectivity index (χ1n) is 5.48. The largest absolute Gasteiger partial charge is 0.481 e. The van der Waals surface area contributed by atoms with Crippen molar-refractivity contribution in [2.24, 2.45) is 0 Å². The lowest BCUT2D eigenvalue weighted by Crippen LogP contribution is -2.08. The highest BCUT2D eigenvalue weighted by Gasteiger charge is 2.06. The fourth-order valence-electron chi connectivity index (χ4n) is 1.42. The molecule has 2 N–H and O–H groups in total. The fraction of sp³-hybridized carbons (Fsp3) is 0.167. The van der Waals surface area contributed by atoms with Crippen LogP contribution < -0.4 is 10.1 Å². The zero-order chi connectivity index (χ0) is 13.7. The van der Waals surface area contributed by atoms with Crippen molar-refractivity contribution in [2.75, 3.05) is 12.4 Å². The van der Waals surface area contributed by atoms with Crippen molar-refractivity contribution in [1.82, 2.24) is 15.0 Å². The number of carbonyl (C=O) groups is 1. The van der Waals surface area contributed by atoms with Crippen LogP contribution in [0.5, 0.6) is 5.88 Å². The smallest absolute Gasteiger partial charge is 0.374 e. The van der Waals surface area contributed by atoms with E-state index in [1.54, 1.807) is 25.4 Å². The van der Waals surface area contributed by atoms with E-state index < -0.39 is 5.97 Å². The number of aromatic nitrogens is 3. The first-order chi connectivity index (χ1) is 9.19. The third-order valence-corrected chi connectivity index (χ3v) is 2.33. The summed E-state index contributed by atoms with van der Waals surface area (Å²) in [5.41, 5.74) is 0.947. The molecule has 0 aliphatic carbocycles. The standard InChI is InChI=1S/C12H12N4O3/c1-19-10-6-8(2-4-13-10)7-15-9-3-5-14-11(16-9)12(17)18/h2-6H,7H2,1H3,(H,17,18)(H,14,15,16). The van der Waals surface area contributed by atoms with Gasteiger partial charge >= 0.3 is 5.97 Å². The van der Waals surface area contributed by atoms with Gasteiger partial charge in [0, 0.05) is 25.0 Å². The van der Waals surface area contributed by atoms with Crippen molar-refractivity contribution in [3.8, 4) is 5.88 Å². The number of methoxy groups -OCH3 is 1. The molecule has 0 amide bonds. The molecule has 0 saturated heterocycles. The number of nitrogens with zero attached hydrogens (tertiary/aromatic N) is 3. The third kappa shape index (κ3) is 3.38. The Labute approximate surface area is 109 Å². The molecular weight excluding hydrogens is 248 g/mol. The van der Waals surface area contributed by atoms with Gasteiger partial charge in [0.1, 0.15) is 5.82 Å². The minimum atomic E-state index is -1.16. The van der Waals surface area contributed by atoms with Gasteiger partial charge in [0.15, 0.2) is 0 Å². The number of hydrogen-bond acceptors (Lipinski definition) is 6. The van der Waals surface area contributed by atoms with Gasteiger partial charge in [0.25, 0.3) is 0 Å². The van der Waals surface area contributed by atoms with Crippen LogP contribution in [0.25, 0.3) is 0 Å². The van der Waals surface area contributed by atoms with E-state index in [0.717, 1.165) is 5.56 Å². The van der Waals surface area contributed by atoms with E-state index in [0.29, 0.717) is 18.2 Å². The average molecular weight is 260 g/mol. The van der Waals surface area contributed by atoms with Crippen LogP contribution in [0.2, 0.25) is 0 Å². The van der Waals surface area contributed by atoms with Gasteiger partial charge in [-0.25, -0.2) is 19.7 Å². The second-order valence-electron chi connectivity index (χ2n) is 3.63. The molecule has 2 aromatic rings. The Morgan fingerprint density at radius 2 is 2.16 bits per heavy atom. The summed E-state index contributed by atoms with van der Waals surface area (Å²) in [4.78, 5) is 22.2. The Morgan fingerprint density at radius 3 is 2.89 bits per heavy atom. The SMILES string of the molecule is COc1cc(CNc2ccnc(C(=O)O)n2)ccn1. The van der Waals surface area contributed by atoms with Crippen LogP contribution in [-0.4, -0.2) is 33.1 Å². The monoisotopic (exact) mass is 260 g/mol. The number of nitrogens with one attached hydrogen (secondary N) is 1. The minimum Gasteiger partial charge on any atom is -0.481 e. The Balaban J connectivity index is 2.05. The van der Waals surface area contributed by atoms with Crippen molar-refractivity contribution < 1.29 is 14.6 Å². The zero-order valence-electron chi connectivity index (χ0n) is 10.2. The predicted octanol–water partition coefficient (Wildman–Crippen LogP) is 1.19. The normalized spacial score (nSPS) is 9.95. The molecule has 0 aliphatic rings. The molecule has 2 rings (SSSR count). The Hall–Kier alpha value is -2.70. The van der Waals surface area contributed by atoms with Crippen molar-refractivity contribution >= 4 is 11.8 Å². The molecule has 0 radical (unpaired) electrons. The van der Waals surface area contributed by atoms with Gasteiger partial charge < -0.3 is 15.2 Å². The summed E-state index contributed by atoms with van der Waals surface area (Å²) in [6.45, 7) is 0.481.